The van der Waals surface area contributed by atoms with Crippen molar-refractivity contribution in [1.82, 2.24) is 19.9 Å². The predicted octanol–water partition coefficient (Wildman–Crippen LogP) is 1.96. The highest BCUT2D eigenvalue weighted by molar-refractivity contribution is 5.86. The molecule has 3 rings (SSSR count). The third-order valence-corrected chi connectivity index (χ3v) is 6.57. The number of aliphatic carboxylic acids is 1. The molecule has 30 heavy (non-hydrogen) atoms. The standard InChI is InChI=1S/C21H34N4O5/c1-13(10-14-8-6-5-7-9-14)19(26)24-12-15(18(30-4)17(24)20(27)28)25-16(11-22-23-25)21(2,3)29/h11,13-15,17-18,29H,5-10,12H2,1-4H3,(H,27,28)/t13-,15-,17+,18+/m1/s1. The van der Waals surface area contributed by atoms with E-state index in [0.29, 0.717) is 11.6 Å². The van der Waals surface area contributed by atoms with Crippen LogP contribution in [0.15, 0.2) is 6.20 Å². The number of amides is 1. The van der Waals surface area contributed by atoms with Gasteiger partial charge in [-0.25, -0.2) is 9.48 Å². The smallest absolute Gasteiger partial charge is 0.329 e. The molecule has 0 spiro atoms. The molecule has 1 aromatic heterocycles. The topological polar surface area (TPSA) is 118 Å². The van der Waals surface area contributed by atoms with E-state index in [4.69, 9.17) is 4.74 Å². The molecule has 4 atom stereocenters. The zero-order valence-corrected chi connectivity index (χ0v) is 18.3. The van der Waals surface area contributed by atoms with Crippen molar-refractivity contribution in [3.05, 3.63) is 11.9 Å². The average molecular weight is 423 g/mol. The van der Waals surface area contributed by atoms with Crippen LogP contribution in [0.5, 0.6) is 0 Å². The number of carbonyl (C=O) groups is 2. The Morgan fingerprint density at radius 3 is 2.53 bits per heavy atom. The largest absolute Gasteiger partial charge is 0.480 e. The predicted molar refractivity (Wildman–Crippen MR) is 109 cm³/mol. The maximum atomic E-state index is 13.3. The van der Waals surface area contributed by atoms with E-state index in [-0.39, 0.29) is 18.4 Å². The van der Waals surface area contributed by atoms with Gasteiger partial charge >= 0.3 is 5.97 Å². The third kappa shape index (κ3) is 4.51. The number of hydrogen-bond donors (Lipinski definition) is 2. The Labute approximate surface area is 177 Å². The molecule has 2 fully saturated rings. The van der Waals surface area contributed by atoms with Crippen LogP contribution >= 0.6 is 0 Å². The zero-order chi connectivity index (χ0) is 22.1. The third-order valence-electron chi connectivity index (χ3n) is 6.57. The minimum absolute atomic E-state index is 0.149. The molecule has 168 valence electrons. The fourth-order valence-electron chi connectivity index (χ4n) is 5.04. The van der Waals surface area contributed by atoms with Gasteiger partial charge in [-0.15, -0.1) is 5.10 Å². The Kier molecular flexibility index (Phi) is 6.81. The molecule has 1 aliphatic heterocycles. The molecule has 1 amide bonds. The lowest BCUT2D eigenvalue weighted by molar-refractivity contribution is -0.153. The van der Waals surface area contributed by atoms with E-state index in [1.807, 2.05) is 6.92 Å². The Bertz CT molecular complexity index is 753. The second kappa shape index (κ2) is 9.01. The quantitative estimate of drug-likeness (QED) is 0.690. The monoisotopic (exact) mass is 422 g/mol. The molecule has 1 aliphatic carbocycles. The summed E-state index contributed by atoms with van der Waals surface area (Å²) in [6.07, 6.45) is 7.37. The maximum Gasteiger partial charge on any atom is 0.329 e. The molecule has 0 radical (unpaired) electrons. The lowest BCUT2D eigenvalue weighted by atomic mass is 9.83. The van der Waals surface area contributed by atoms with Gasteiger partial charge in [-0.2, -0.15) is 0 Å². The van der Waals surface area contributed by atoms with Gasteiger partial charge in [-0.3, -0.25) is 4.79 Å². The molecule has 1 saturated heterocycles. The van der Waals surface area contributed by atoms with Crippen LogP contribution in [-0.4, -0.2) is 67.8 Å². The van der Waals surface area contributed by atoms with Crippen molar-refractivity contribution in [2.24, 2.45) is 11.8 Å². The lowest BCUT2D eigenvalue weighted by Gasteiger charge is -2.29. The van der Waals surface area contributed by atoms with E-state index in [1.165, 1.54) is 42.2 Å². The van der Waals surface area contributed by atoms with E-state index in [1.54, 1.807) is 13.8 Å². The summed E-state index contributed by atoms with van der Waals surface area (Å²) >= 11 is 0. The molecule has 9 nitrogen and oxygen atoms in total. The molecular formula is C21H34N4O5. The maximum absolute atomic E-state index is 13.3. The highest BCUT2D eigenvalue weighted by Gasteiger charge is 2.51. The highest BCUT2D eigenvalue weighted by atomic mass is 16.5. The van der Waals surface area contributed by atoms with E-state index in [9.17, 15) is 19.8 Å². The van der Waals surface area contributed by atoms with Gasteiger partial charge in [0.1, 0.15) is 17.7 Å². The molecule has 0 unspecified atom stereocenters. The Morgan fingerprint density at radius 2 is 1.97 bits per heavy atom. The first-order valence-electron chi connectivity index (χ1n) is 10.8. The fourth-order valence-corrected chi connectivity index (χ4v) is 5.04. The van der Waals surface area contributed by atoms with Crippen molar-refractivity contribution in [1.29, 1.82) is 0 Å². The van der Waals surface area contributed by atoms with Crippen molar-refractivity contribution < 1.29 is 24.5 Å². The van der Waals surface area contributed by atoms with Gasteiger partial charge in [0.05, 0.1) is 11.9 Å². The molecule has 2 heterocycles. The average Bonchev–Trinajstić information content (AvgIpc) is 3.32. The number of methoxy groups -OCH3 is 1. The van der Waals surface area contributed by atoms with Crippen molar-refractivity contribution in [3.8, 4) is 0 Å². The summed E-state index contributed by atoms with van der Waals surface area (Å²) in [6.45, 7) is 5.27. The number of hydrogen-bond acceptors (Lipinski definition) is 6. The number of carboxylic acid groups (broad SMARTS) is 1. The van der Waals surface area contributed by atoms with Crippen molar-refractivity contribution in [2.75, 3.05) is 13.7 Å². The molecule has 2 N–H and O–H groups in total. The lowest BCUT2D eigenvalue weighted by Crippen LogP contribution is -2.47. The van der Waals surface area contributed by atoms with Gasteiger partial charge in [0.25, 0.3) is 0 Å². The molecule has 2 aliphatic rings. The number of ether oxygens (including phenoxy) is 1. The molecule has 9 heteroatoms. The Hall–Kier alpha value is -2.00. The first kappa shape index (κ1) is 22.7. The van der Waals surface area contributed by atoms with Crippen LogP contribution in [0.25, 0.3) is 0 Å². The minimum atomic E-state index is -1.22. The van der Waals surface area contributed by atoms with Gasteiger partial charge in [-0.05, 0) is 26.2 Å². The first-order chi connectivity index (χ1) is 14.1. The zero-order valence-electron chi connectivity index (χ0n) is 18.3. The molecule has 1 aromatic rings. The Morgan fingerprint density at radius 1 is 1.30 bits per heavy atom. The highest BCUT2D eigenvalue weighted by Crippen LogP contribution is 2.35. The molecule has 1 saturated carbocycles. The van der Waals surface area contributed by atoms with Crippen LogP contribution in [0.1, 0.15) is 71.0 Å². The number of carbonyl (C=O) groups excluding carboxylic acids is 1. The number of rotatable bonds is 7. The summed E-state index contributed by atoms with van der Waals surface area (Å²) < 4.78 is 7.06. The normalized spacial score (nSPS) is 26.7. The molecule has 0 bridgehead atoms. The Balaban J connectivity index is 1.84. The molecular weight excluding hydrogens is 388 g/mol. The number of aliphatic hydroxyl groups is 1. The second-order valence-corrected chi connectivity index (χ2v) is 9.30. The van der Waals surface area contributed by atoms with E-state index < -0.39 is 29.8 Å². The summed E-state index contributed by atoms with van der Waals surface area (Å²) in [4.78, 5) is 26.9. The van der Waals surface area contributed by atoms with Gasteiger partial charge in [0.2, 0.25) is 5.91 Å². The number of carboxylic acids is 1. The summed E-state index contributed by atoms with van der Waals surface area (Å²) in [5.74, 6) is -1.000. The molecule has 0 aromatic carbocycles. The van der Waals surface area contributed by atoms with Crippen LogP contribution in [0.4, 0.5) is 0 Å². The van der Waals surface area contributed by atoms with Crippen LogP contribution < -0.4 is 0 Å². The van der Waals surface area contributed by atoms with Crippen LogP contribution in [-0.2, 0) is 19.9 Å². The fraction of sp³-hybridized carbons (Fsp3) is 0.810. The number of nitrogens with zero attached hydrogens (tertiary/aromatic N) is 4. The number of aromatic nitrogens is 3. The van der Waals surface area contributed by atoms with Crippen LogP contribution in [0.3, 0.4) is 0 Å². The van der Waals surface area contributed by atoms with Crippen molar-refractivity contribution in [3.63, 3.8) is 0 Å². The van der Waals surface area contributed by atoms with Gasteiger partial charge in [0.15, 0.2) is 6.04 Å². The minimum Gasteiger partial charge on any atom is -0.480 e. The summed E-state index contributed by atoms with van der Waals surface area (Å²) in [7, 11) is 1.44. The summed E-state index contributed by atoms with van der Waals surface area (Å²) in [5.41, 5.74) is -0.769. The van der Waals surface area contributed by atoms with Gasteiger partial charge in [0, 0.05) is 19.6 Å². The van der Waals surface area contributed by atoms with Crippen LogP contribution in [0.2, 0.25) is 0 Å². The SMILES string of the molecule is CO[C@@H]1[C@@H](C(=O)O)N(C(=O)[C@H](C)CC2CCCCC2)C[C@H]1n1nncc1C(C)(C)O. The van der Waals surface area contributed by atoms with E-state index >= 15 is 0 Å². The number of likely N-dealkylation sites (tertiary alicyclic amines) is 1. The van der Waals surface area contributed by atoms with Crippen molar-refractivity contribution >= 4 is 11.9 Å². The van der Waals surface area contributed by atoms with Gasteiger partial charge < -0.3 is 19.8 Å². The van der Waals surface area contributed by atoms with E-state index in [2.05, 4.69) is 10.3 Å². The van der Waals surface area contributed by atoms with Gasteiger partial charge in [-0.1, -0.05) is 44.2 Å². The summed E-state index contributed by atoms with van der Waals surface area (Å²) in [5, 5.41) is 28.4. The first-order valence-corrected chi connectivity index (χ1v) is 10.8. The second-order valence-electron chi connectivity index (χ2n) is 9.30. The van der Waals surface area contributed by atoms with Crippen molar-refractivity contribution in [2.45, 2.75) is 83.1 Å². The van der Waals surface area contributed by atoms with E-state index in [0.717, 1.165) is 19.3 Å². The summed E-state index contributed by atoms with van der Waals surface area (Å²) in [6, 6.07) is -1.66. The van der Waals surface area contributed by atoms with Crippen LogP contribution in [0, 0.1) is 11.8 Å².